The molecule has 0 atom stereocenters. The van der Waals surface area contributed by atoms with Crippen LogP contribution in [0.15, 0.2) is 4.90 Å². The Hall–Kier alpha value is -0.920. The Kier molecular flexibility index (Phi) is 6.63. The first kappa shape index (κ1) is 29.1. The fraction of sp³-hybridized carbons (Fsp3) is 0.667. The zero-order valence-corrected chi connectivity index (χ0v) is 16.2. The Morgan fingerprint density at radius 3 is 1.00 bits per heavy atom. The molecule has 0 radical (unpaired) electrons. The van der Waals surface area contributed by atoms with Crippen molar-refractivity contribution in [2.24, 2.45) is 0 Å². The van der Waals surface area contributed by atoms with Crippen molar-refractivity contribution in [2.75, 3.05) is 0 Å². The Morgan fingerprint density at radius 2 is 0.719 bits per heavy atom. The minimum atomic E-state index is -8.67. The summed E-state index contributed by atoms with van der Waals surface area (Å²) in [6.45, 7) is 0. The number of hydrogen-bond donors (Lipinski definition) is 1. The van der Waals surface area contributed by atoms with Gasteiger partial charge < -0.3 is 0 Å². The van der Waals surface area contributed by atoms with Gasteiger partial charge in [0.2, 0.25) is 0 Å². The summed E-state index contributed by atoms with van der Waals surface area (Å²) in [5.74, 6) is -57.0. The van der Waals surface area contributed by atoms with Crippen LogP contribution in [0.1, 0.15) is 5.56 Å². The Morgan fingerprint density at radius 1 is 0.438 bits per heavy atom. The van der Waals surface area contributed by atoms with Crippen LogP contribution < -0.4 is 0 Å². The average molecular weight is 564 g/mol. The van der Waals surface area contributed by atoms with Crippen molar-refractivity contribution in [3.8, 4) is 0 Å². The molecule has 32 heavy (non-hydrogen) atoms. The van der Waals surface area contributed by atoms with Crippen LogP contribution in [-0.4, -0.2) is 41.7 Å². The number of alkyl halides is 17. The van der Waals surface area contributed by atoms with Crippen molar-refractivity contribution in [2.45, 2.75) is 52.5 Å². The third-order valence-electron chi connectivity index (χ3n) is 3.92. The van der Waals surface area contributed by atoms with Gasteiger partial charge in [0.05, 0.1) is 14.6 Å². The van der Waals surface area contributed by atoms with E-state index in [1.807, 2.05) is 0 Å². The fourth-order valence-corrected chi connectivity index (χ4v) is 3.04. The summed E-state index contributed by atoms with van der Waals surface area (Å²) in [5, 5.41) is 0. The summed E-state index contributed by atoms with van der Waals surface area (Å²) in [6, 6.07) is 0. The van der Waals surface area contributed by atoms with Gasteiger partial charge >= 0.3 is 47.6 Å². The molecule has 0 aliphatic rings. The van der Waals surface area contributed by atoms with Crippen LogP contribution in [0.5, 0.6) is 0 Å². The number of halogens is 17. The predicted octanol–water partition coefficient (Wildman–Crippen LogP) is 7.78. The van der Waals surface area contributed by atoms with E-state index in [4.69, 9.17) is 0 Å². The molecule has 0 aromatic heterocycles. The molecule has 0 unspecified atom stereocenters. The average Bonchev–Trinajstić information content (AvgIpc) is 2.59. The lowest BCUT2D eigenvalue weighted by Gasteiger charge is -2.43. The Balaban J connectivity index is 3.77. The van der Waals surface area contributed by atoms with E-state index < -0.39 is 67.1 Å². The Bertz CT molecular complexity index is 963. The molecular formula is C12HF17S3. The van der Waals surface area contributed by atoms with E-state index in [-0.39, 0.29) is 0 Å². The van der Waals surface area contributed by atoms with Gasteiger partial charge in [-0.1, -0.05) is 24.4 Å². The van der Waals surface area contributed by atoms with Crippen molar-refractivity contribution in [3.05, 3.63) is 14.6 Å². The molecule has 0 saturated carbocycles. The van der Waals surface area contributed by atoms with Gasteiger partial charge in [0.1, 0.15) is 0 Å². The molecule has 1 aromatic rings. The van der Waals surface area contributed by atoms with Gasteiger partial charge in [-0.3, -0.25) is 0 Å². The van der Waals surface area contributed by atoms with Gasteiger partial charge in [0, 0.05) is 4.90 Å². The minimum absolute atomic E-state index is 0.981. The monoisotopic (exact) mass is 564 g/mol. The molecule has 0 N–H and O–H groups in total. The maximum Gasteiger partial charge on any atom is 0.460 e. The van der Waals surface area contributed by atoms with Crippen molar-refractivity contribution in [3.63, 3.8) is 0 Å². The third-order valence-corrected chi connectivity index (χ3v) is 5.47. The highest BCUT2D eigenvalue weighted by atomic mass is 32.1. The molecule has 0 aliphatic carbocycles. The molecule has 1 rings (SSSR count). The smallest absolute Gasteiger partial charge is 0.194 e. The van der Waals surface area contributed by atoms with Crippen LogP contribution in [0.25, 0.3) is 0 Å². The quantitative estimate of drug-likeness (QED) is 0.204. The molecule has 0 fully saturated rings. The highest BCUT2D eigenvalue weighted by Crippen LogP contribution is 2.65. The second-order valence-corrected chi connectivity index (χ2v) is 7.16. The van der Waals surface area contributed by atoms with Crippen molar-refractivity contribution in [1.82, 2.24) is 0 Å². The van der Waals surface area contributed by atoms with Crippen LogP contribution in [0, 0.1) is 9.02 Å². The van der Waals surface area contributed by atoms with Gasteiger partial charge in [0.25, 0.3) is 0 Å². The third kappa shape index (κ3) is 3.24. The molecule has 0 bridgehead atoms. The molecule has 0 saturated heterocycles. The molecule has 0 heterocycles. The van der Waals surface area contributed by atoms with E-state index in [9.17, 15) is 74.6 Å². The maximum atomic E-state index is 13.9. The van der Waals surface area contributed by atoms with Crippen LogP contribution in [0.2, 0.25) is 0 Å². The van der Waals surface area contributed by atoms with Crippen LogP contribution >= 0.6 is 37.1 Å². The summed E-state index contributed by atoms with van der Waals surface area (Å²) in [6.07, 6.45) is -7.79. The lowest BCUT2D eigenvalue weighted by atomic mass is 9.86. The summed E-state index contributed by atoms with van der Waals surface area (Å²) in [5.41, 5.74) is -2.49. The first-order chi connectivity index (χ1) is 13.6. The molecular weight excluding hydrogens is 563 g/mol. The zero-order chi connectivity index (χ0) is 26.3. The molecule has 0 nitrogen and oxygen atoms in total. The van der Waals surface area contributed by atoms with Gasteiger partial charge in [-0.2, -0.15) is 74.6 Å². The van der Waals surface area contributed by atoms with E-state index >= 15 is 0 Å². The molecule has 20 heteroatoms. The van der Waals surface area contributed by atoms with Gasteiger partial charge in [0.15, 0.2) is 0 Å². The van der Waals surface area contributed by atoms with Gasteiger partial charge in [-0.25, -0.2) is 0 Å². The predicted molar refractivity (Wildman–Crippen MR) is 77.4 cm³/mol. The van der Waals surface area contributed by atoms with Gasteiger partial charge in [-0.15, -0.1) is 12.6 Å². The summed E-state index contributed by atoms with van der Waals surface area (Å²) >= 11 is 11.1. The lowest BCUT2D eigenvalue weighted by molar-refractivity contribution is -0.462. The first-order valence-corrected chi connectivity index (χ1v) is 8.11. The van der Waals surface area contributed by atoms with Crippen LogP contribution in [0.4, 0.5) is 74.6 Å². The number of thiol groups is 1. The highest BCUT2D eigenvalue weighted by molar-refractivity contribution is 7.81. The lowest BCUT2D eigenvalue weighted by Crippen LogP contribution is -2.74. The van der Waals surface area contributed by atoms with E-state index in [0.717, 1.165) is 0 Å². The van der Waals surface area contributed by atoms with E-state index in [1.54, 1.807) is 0 Å². The Labute approximate surface area is 179 Å². The second kappa shape index (κ2) is 7.29. The summed E-state index contributed by atoms with van der Waals surface area (Å²) in [4.78, 5) is -1.49. The normalized spacial score (nSPS) is 16.1. The van der Waals surface area contributed by atoms with E-state index in [2.05, 4.69) is 37.1 Å². The molecule has 0 amide bonds. The maximum absolute atomic E-state index is 13.9. The minimum Gasteiger partial charge on any atom is -0.194 e. The topological polar surface area (TPSA) is 0 Å². The largest absolute Gasteiger partial charge is 0.460 e. The van der Waals surface area contributed by atoms with E-state index in [0.29, 0.717) is 0 Å². The SMILES string of the molecule is FC(F)(F)C(F)(F)C(F)(F)C(F)(F)C(F)(F)C(F)(F)C(F)(F)C(F)(F)c1c(S)c(=S)c1=S. The first-order valence-electron chi connectivity index (χ1n) is 6.84. The van der Waals surface area contributed by atoms with Crippen molar-refractivity contribution in [1.29, 1.82) is 0 Å². The summed E-state index contributed by atoms with van der Waals surface area (Å²) in [7, 11) is 0. The molecule has 0 aliphatic heterocycles. The van der Waals surface area contributed by atoms with E-state index in [1.165, 1.54) is 0 Å². The molecule has 1 aromatic carbocycles. The van der Waals surface area contributed by atoms with Crippen LogP contribution in [0.3, 0.4) is 0 Å². The standard InChI is InChI=1S/C12HF17S3/c13-5(14,1-2(30)4(32)3(1)31)6(15,16)7(17,18)8(19,20)9(21,22)10(23,24)11(25,26)12(27,28)29/h30H. The van der Waals surface area contributed by atoms with Gasteiger partial charge in [-0.05, 0) is 0 Å². The van der Waals surface area contributed by atoms with Crippen LogP contribution in [-0.2, 0) is 5.92 Å². The summed E-state index contributed by atoms with van der Waals surface area (Å²) < 4.78 is 221. The zero-order valence-electron chi connectivity index (χ0n) is 13.7. The van der Waals surface area contributed by atoms with Crippen molar-refractivity contribution < 1.29 is 74.6 Å². The highest BCUT2D eigenvalue weighted by Gasteiger charge is 2.95. The molecule has 186 valence electrons. The van der Waals surface area contributed by atoms with Crippen molar-refractivity contribution >= 4 is 37.1 Å². The fourth-order valence-electron chi connectivity index (χ4n) is 1.99. The second-order valence-electron chi connectivity index (χ2n) is 5.90. The number of rotatable bonds is 7. The number of hydrogen-bond acceptors (Lipinski definition) is 3. The molecule has 0 spiro atoms.